The van der Waals surface area contributed by atoms with Crippen LogP contribution in [-0.4, -0.2) is 65.8 Å². The van der Waals surface area contributed by atoms with Crippen molar-refractivity contribution in [1.29, 1.82) is 0 Å². The minimum atomic E-state index is -0.604. The van der Waals surface area contributed by atoms with Gasteiger partial charge in [0.2, 0.25) is 0 Å². The lowest BCUT2D eigenvalue weighted by molar-refractivity contribution is 0.00706. The fourth-order valence-electron chi connectivity index (χ4n) is 4.80. The summed E-state index contributed by atoms with van der Waals surface area (Å²) in [6, 6.07) is 12.8. The molecule has 7 nitrogen and oxygen atoms in total. The summed E-state index contributed by atoms with van der Waals surface area (Å²) in [5.41, 5.74) is 4.83. The van der Waals surface area contributed by atoms with E-state index in [1.165, 1.54) is 18.5 Å². The van der Waals surface area contributed by atoms with Gasteiger partial charge >= 0.3 is 0 Å². The minimum Gasteiger partial charge on any atom is -0.456 e. The SMILES string of the molecule is OC1CO[C@@H]2C(Oc3nc4cc(-c5ccc(N6CCCC6)cc5)c(Cl)cc4[nH]3)CO[C@H]12. The molecule has 162 valence electrons. The van der Waals surface area contributed by atoms with Gasteiger partial charge in [-0.1, -0.05) is 23.7 Å². The summed E-state index contributed by atoms with van der Waals surface area (Å²) in [6.45, 7) is 2.88. The average molecular weight is 442 g/mol. The van der Waals surface area contributed by atoms with Crippen LogP contribution in [0.2, 0.25) is 5.02 Å². The number of anilines is 1. The highest BCUT2D eigenvalue weighted by molar-refractivity contribution is 6.34. The van der Waals surface area contributed by atoms with E-state index in [-0.39, 0.29) is 24.9 Å². The van der Waals surface area contributed by atoms with E-state index in [0.717, 1.165) is 35.2 Å². The van der Waals surface area contributed by atoms with Crippen LogP contribution in [0.15, 0.2) is 36.4 Å². The van der Waals surface area contributed by atoms with Crippen LogP contribution >= 0.6 is 11.6 Å². The van der Waals surface area contributed by atoms with Crippen LogP contribution in [0.1, 0.15) is 12.8 Å². The molecular weight excluding hydrogens is 418 g/mol. The van der Waals surface area contributed by atoms with Crippen LogP contribution in [0.25, 0.3) is 22.2 Å². The number of ether oxygens (including phenoxy) is 3. The predicted molar refractivity (Wildman–Crippen MR) is 118 cm³/mol. The molecule has 2 unspecified atom stereocenters. The summed E-state index contributed by atoms with van der Waals surface area (Å²) < 4.78 is 17.3. The third-order valence-electron chi connectivity index (χ3n) is 6.44. The Labute approximate surface area is 184 Å². The number of aromatic amines is 1. The number of fused-ring (bicyclic) bond motifs is 2. The van der Waals surface area contributed by atoms with E-state index in [1.807, 2.05) is 12.1 Å². The Kier molecular flexibility index (Phi) is 4.79. The molecule has 3 fully saturated rings. The van der Waals surface area contributed by atoms with Gasteiger partial charge in [0, 0.05) is 24.3 Å². The van der Waals surface area contributed by atoms with Gasteiger partial charge in [0.25, 0.3) is 6.01 Å². The van der Waals surface area contributed by atoms with E-state index >= 15 is 0 Å². The van der Waals surface area contributed by atoms with E-state index in [1.54, 1.807) is 0 Å². The molecule has 3 aromatic rings. The molecule has 1 aromatic heterocycles. The largest absolute Gasteiger partial charge is 0.456 e. The number of hydrogen-bond donors (Lipinski definition) is 2. The van der Waals surface area contributed by atoms with Crippen molar-refractivity contribution in [1.82, 2.24) is 9.97 Å². The molecule has 0 saturated carbocycles. The number of imidazole rings is 1. The Morgan fingerprint density at radius 3 is 2.65 bits per heavy atom. The number of rotatable bonds is 4. The number of H-pyrrole nitrogens is 1. The van der Waals surface area contributed by atoms with E-state index in [0.29, 0.717) is 17.6 Å². The Balaban J connectivity index is 1.24. The lowest BCUT2D eigenvalue weighted by atomic mass is 10.0. The fourth-order valence-corrected chi connectivity index (χ4v) is 5.07. The van der Waals surface area contributed by atoms with Gasteiger partial charge in [0.15, 0.2) is 6.10 Å². The molecule has 3 aliphatic rings. The van der Waals surface area contributed by atoms with E-state index in [9.17, 15) is 5.11 Å². The van der Waals surface area contributed by atoms with E-state index < -0.39 is 6.10 Å². The number of aromatic nitrogens is 2. The Morgan fingerprint density at radius 2 is 1.84 bits per heavy atom. The van der Waals surface area contributed by atoms with Crippen LogP contribution in [0, 0.1) is 0 Å². The number of nitrogens with one attached hydrogen (secondary N) is 1. The van der Waals surface area contributed by atoms with Crippen molar-refractivity contribution in [3.63, 3.8) is 0 Å². The fraction of sp³-hybridized carbons (Fsp3) is 0.435. The van der Waals surface area contributed by atoms with Crippen LogP contribution in [0.3, 0.4) is 0 Å². The maximum Gasteiger partial charge on any atom is 0.295 e. The number of nitrogens with zero attached hydrogens (tertiary/aromatic N) is 2. The van der Waals surface area contributed by atoms with Gasteiger partial charge in [-0.25, -0.2) is 0 Å². The van der Waals surface area contributed by atoms with Crippen molar-refractivity contribution in [3.05, 3.63) is 41.4 Å². The van der Waals surface area contributed by atoms with Crippen molar-refractivity contribution in [3.8, 4) is 17.1 Å². The highest BCUT2D eigenvalue weighted by atomic mass is 35.5. The zero-order chi connectivity index (χ0) is 20.9. The maximum absolute atomic E-state index is 9.90. The first-order valence-corrected chi connectivity index (χ1v) is 11.2. The Hall–Kier alpha value is -2.32. The third-order valence-corrected chi connectivity index (χ3v) is 6.76. The van der Waals surface area contributed by atoms with Gasteiger partial charge in [-0.15, -0.1) is 0 Å². The minimum absolute atomic E-state index is 0.269. The molecule has 4 atom stereocenters. The second-order valence-corrected chi connectivity index (χ2v) is 8.86. The molecule has 6 rings (SSSR count). The normalized spacial score (nSPS) is 27.9. The summed E-state index contributed by atoms with van der Waals surface area (Å²) in [7, 11) is 0. The Bertz CT molecular complexity index is 1100. The Morgan fingerprint density at radius 1 is 1.06 bits per heavy atom. The number of aliphatic hydroxyl groups excluding tert-OH is 1. The first-order chi connectivity index (χ1) is 15.2. The summed E-state index contributed by atoms with van der Waals surface area (Å²) in [5.74, 6) is 0. The van der Waals surface area contributed by atoms with Crippen molar-refractivity contribution in [2.75, 3.05) is 31.2 Å². The smallest absolute Gasteiger partial charge is 0.295 e. The summed E-state index contributed by atoms with van der Waals surface area (Å²) in [4.78, 5) is 10.2. The second-order valence-electron chi connectivity index (χ2n) is 8.45. The molecule has 2 N–H and O–H groups in total. The van der Waals surface area contributed by atoms with Crippen LogP contribution < -0.4 is 9.64 Å². The topological polar surface area (TPSA) is 79.8 Å². The first kappa shape index (κ1) is 19.4. The van der Waals surface area contributed by atoms with Gasteiger partial charge < -0.3 is 29.2 Å². The highest BCUT2D eigenvalue weighted by Gasteiger charge is 2.48. The standard InChI is InChI=1S/C23H24ClN3O4/c24-16-10-18-17(9-15(16)13-3-5-14(6-4-13)27-7-1-2-8-27)25-23(26-18)31-20-12-30-21-19(28)11-29-22(20)21/h3-6,9-10,19-22,28H,1-2,7-8,11-12H2,(H,25,26)/t19?,20?,21-,22-/m1/s1. The van der Waals surface area contributed by atoms with Gasteiger partial charge in [-0.3, -0.25) is 0 Å². The second kappa shape index (κ2) is 7.67. The molecule has 0 spiro atoms. The average Bonchev–Trinajstić information content (AvgIpc) is 3.55. The first-order valence-electron chi connectivity index (χ1n) is 10.8. The highest BCUT2D eigenvalue weighted by Crippen LogP contribution is 2.35. The van der Waals surface area contributed by atoms with E-state index in [4.69, 9.17) is 25.8 Å². The molecule has 3 aliphatic heterocycles. The van der Waals surface area contributed by atoms with Crippen molar-refractivity contribution in [2.24, 2.45) is 0 Å². The van der Waals surface area contributed by atoms with Gasteiger partial charge in [-0.2, -0.15) is 4.98 Å². The lowest BCUT2D eigenvalue weighted by Crippen LogP contribution is -2.34. The van der Waals surface area contributed by atoms with Crippen molar-refractivity contribution in [2.45, 2.75) is 37.3 Å². The maximum atomic E-state index is 9.90. The van der Waals surface area contributed by atoms with Crippen LogP contribution in [0.5, 0.6) is 6.01 Å². The van der Waals surface area contributed by atoms with Crippen LogP contribution in [0.4, 0.5) is 5.69 Å². The predicted octanol–water partition coefficient (Wildman–Crippen LogP) is 3.39. The van der Waals surface area contributed by atoms with Gasteiger partial charge in [0.05, 0.1) is 29.3 Å². The molecule has 0 radical (unpaired) electrons. The summed E-state index contributed by atoms with van der Waals surface area (Å²) in [5, 5.41) is 10.6. The van der Waals surface area contributed by atoms with E-state index in [2.05, 4.69) is 39.1 Å². The third kappa shape index (κ3) is 3.46. The molecule has 4 heterocycles. The van der Waals surface area contributed by atoms with Crippen molar-refractivity contribution >= 4 is 28.3 Å². The summed E-state index contributed by atoms with van der Waals surface area (Å²) in [6.07, 6.45) is 0.989. The number of halogens is 1. The number of hydrogen-bond acceptors (Lipinski definition) is 6. The molecular formula is C23H24ClN3O4. The molecule has 0 amide bonds. The zero-order valence-corrected chi connectivity index (χ0v) is 17.7. The molecule has 0 bridgehead atoms. The molecule has 8 heteroatoms. The lowest BCUT2D eigenvalue weighted by Gasteiger charge is -2.17. The molecule has 2 aromatic carbocycles. The van der Waals surface area contributed by atoms with Gasteiger partial charge in [-0.05, 0) is 42.7 Å². The molecule has 31 heavy (non-hydrogen) atoms. The van der Waals surface area contributed by atoms with Crippen molar-refractivity contribution < 1.29 is 19.3 Å². The zero-order valence-electron chi connectivity index (χ0n) is 17.0. The van der Waals surface area contributed by atoms with Crippen LogP contribution in [-0.2, 0) is 9.47 Å². The summed E-state index contributed by atoms with van der Waals surface area (Å²) >= 11 is 6.61. The quantitative estimate of drug-likeness (QED) is 0.646. The number of aliphatic hydroxyl groups is 1. The number of benzene rings is 2. The monoisotopic (exact) mass is 441 g/mol. The molecule has 3 saturated heterocycles. The molecule has 0 aliphatic carbocycles. The van der Waals surface area contributed by atoms with Gasteiger partial charge in [0.1, 0.15) is 18.3 Å².